The molecule has 0 saturated carbocycles. The Kier molecular flexibility index (Phi) is 8.10. The van der Waals surface area contributed by atoms with Crippen LogP contribution in [0.5, 0.6) is 17.2 Å². The SMILES string of the molecule is CCC(C)NC(=O)c1cccc(Nc2c(Oc3cccc(OC)c3)cnn(-c3ccccc3Cl)c2=O)c1. The quantitative estimate of drug-likeness (QED) is 0.284. The molecule has 1 atom stereocenters. The van der Waals surface area contributed by atoms with E-state index in [1.165, 1.54) is 10.9 Å². The van der Waals surface area contributed by atoms with Gasteiger partial charge in [-0.3, -0.25) is 9.59 Å². The van der Waals surface area contributed by atoms with E-state index in [4.69, 9.17) is 21.1 Å². The number of ether oxygens (including phenoxy) is 2. The maximum absolute atomic E-state index is 13.7. The Hall–Kier alpha value is -4.30. The number of nitrogens with zero attached hydrogens (tertiary/aromatic N) is 2. The molecule has 37 heavy (non-hydrogen) atoms. The first-order valence-corrected chi connectivity index (χ1v) is 12.1. The van der Waals surface area contributed by atoms with E-state index >= 15 is 0 Å². The molecule has 0 fully saturated rings. The van der Waals surface area contributed by atoms with E-state index in [0.717, 1.165) is 6.42 Å². The van der Waals surface area contributed by atoms with E-state index in [0.29, 0.717) is 33.5 Å². The van der Waals surface area contributed by atoms with Gasteiger partial charge < -0.3 is 20.1 Å². The van der Waals surface area contributed by atoms with E-state index in [9.17, 15) is 9.59 Å². The molecule has 4 aromatic rings. The van der Waals surface area contributed by atoms with Crippen LogP contribution < -0.4 is 25.7 Å². The largest absolute Gasteiger partial charge is 0.497 e. The van der Waals surface area contributed by atoms with Gasteiger partial charge in [0.1, 0.15) is 11.5 Å². The monoisotopic (exact) mass is 518 g/mol. The fourth-order valence-corrected chi connectivity index (χ4v) is 3.73. The Balaban J connectivity index is 1.76. The van der Waals surface area contributed by atoms with Gasteiger partial charge >= 0.3 is 0 Å². The second kappa shape index (κ2) is 11.6. The molecule has 1 amide bonds. The molecule has 0 aliphatic carbocycles. The molecule has 0 aliphatic rings. The second-order valence-electron chi connectivity index (χ2n) is 8.32. The van der Waals surface area contributed by atoms with E-state index in [1.807, 2.05) is 13.8 Å². The summed E-state index contributed by atoms with van der Waals surface area (Å²) in [5.41, 5.74) is 1.05. The van der Waals surface area contributed by atoms with Crippen LogP contribution in [0.1, 0.15) is 30.6 Å². The zero-order valence-corrected chi connectivity index (χ0v) is 21.5. The topological polar surface area (TPSA) is 94.5 Å². The molecule has 0 saturated heterocycles. The minimum absolute atomic E-state index is 0.0370. The lowest BCUT2D eigenvalue weighted by atomic mass is 10.1. The third-order valence-electron chi connectivity index (χ3n) is 5.68. The first kappa shape index (κ1) is 25.8. The summed E-state index contributed by atoms with van der Waals surface area (Å²) in [5.74, 6) is 1.05. The average molecular weight is 519 g/mol. The summed E-state index contributed by atoms with van der Waals surface area (Å²) in [5, 5.41) is 10.7. The maximum Gasteiger partial charge on any atom is 0.299 e. The Morgan fingerprint density at radius 2 is 1.81 bits per heavy atom. The fourth-order valence-electron chi connectivity index (χ4n) is 3.51. The Morgan fingerprint density at radius 1 is 1.05 bits per heavy atom. The number of amides is 1. The summed E-state index contributed by atoms with van der Waals surface area (Å²) in [6.45, 7) is 3.94. The summed E-state index contributed by atoms with van der Waals surface area (Å²) in [6.07, 6.45) is 2.25. The van der Waals surface area contributed by atoms with Gasteiger partial charge in [0.25, 0.3) is 11.5 Å². The van der Waals surface area contributed by atoms with E-state index in [2.05, 4.69) is 15.7 Å². The number of carbonyl (C=O) groups is 1. The van der Waals surface area contributed by atoms with Crippen molar-refractivity contribution in [3.05, 3.63) is 99.9 Å². The number of halogens is 1. The number of hydrogen-bond acceptors (Lipinski definition) is 6. The standard InChI is InChI=1S/C28H27ClN4O4/c1-4-18(2)31-27(34)19-9-7-10-20(15-19)32-26-25(37-22-12-8-11-21(16-22)36-3)17-30-33(28(26)35)24-14-6-5-13-23(24)29/h5-18,32H,4H2,1-3H3,(H,31,34). The van der Waals surface area contributed by atoms with E-state index in [1.54, 1.807) is 79.9 Å². The highest BCUT2D eigenvalue weighted by molar-refractivity contribution is 6.32. The molecule has 0 spiro atoms. The Labute approximate surface area is 219 Å². The van der Waals surface area contributed by atoms with Gasteiger partial charge in [-0.25, -0.2) is 0 Å². The van der Waals surface area contributed by atoms with Crippen LogP contribution in [-0.4, -0.2) is 28.8 Å². The van der Waals surface area contributed by atoms with Crippen molar-refractivity contribution < 1.29 is 14.3 Å². The van der Waals surface area contributed by atoms with Gasteiger partial charge in [-0.15, -0.1) is 0 Å². The summed E-state index contributed by atoms with van der Waals surface area (Å²) < 4.78 is 12.5. The highest BCUT2D eigenvalue weighted by Crippen LogP contribution is 2.31. The molecule has 9 heteroatoms. The van der Waals surface area contributed by atoms with Crippen LogP contribution in [0.15, 0.2) is 83.8 Å². The number of hydrogen-bond donors (Lipinski definition) is 2. The molecule has 0 bridgehead atoms. The van der Waals surface area contributed by atoms with Crippen LogP contribution in [0.2, 0.25) is 5.02 Å². The van der Waals surface area contributed by atoms with Crippen molar-refractivity contribution in [1.29, 1.82) is 0 Å². The number of nitrogens with one attached hydrogen (secondary N) is 2. The molecular weight excluding hydrogens is 492 g/mol. The molecule has 8 nitrogen and oxygen atoms in total. The van der Waals surface area contributed by atoms with Crippen LogP contribution in [0.25, 0.3) is 5.69 Å². The number of aromatic nitrogens is 2. The number of para-hydroxylation sites is 1. The first-order valence-electron chi connectivity index (χ1n) is 11.8. The van der Waals surface area contributed by atoms with E-state index in [-0.39, 0.29) is 23.4 Å². The van der Waals surface area contributed by atoms with Crippen molar-refractivity contribution in [3.63, 3.8) is 0 Å². The summed E-state index contributed by atoms with van der Waals surface area (Å²) in [4.78, 5) is 26.3. The molecule has 4 rings (SSSR count). The van der Waals surface area contributed by atoms with Crippen LogP contribution >= 0.6 is 11.6 Å². The number of benzene rings is 3. The zero-order chi connectivity index (χ0) is 26.4. The van der Waals surface area contributed by atoms with Gasteiger partial charge in [0.05, 0.1) is 24.0 Å². The number of methoxy groups -OCH3 is 1. The molecular formula is C28H27ClN4O4. The minimum atomic E-state index is -0.483. The lowest BCUT2D eigenvalue weighted by Crippen LogP contribution is -2.31. The van der Waals surface area contributed by atoms with Crippen molar-refractivity contribution in [2.75, 3.05) is 12.4 Å². The van der Waals surface area contributed by atoms with Crippen molar-refractivity contribution in [3.8, 4) is 22.9 Å². The van der Waals surface area contributed by atoms with Crippen LogP contribution in [0.4, 0.5) is 11.4 Å². The van der Waals surface area contributed by atoms with Crippen LogP contribution in [0, 0.1) is 0 Å². The van der Waals surface area contributed by atoms with Crippen molar-refractivity contribution in [2.24, 2.45) is 0 Å². The molecule has 1 unspecified atom stereocenters. The number of rotatable bonds is 9. The lowest BCUT2D eigenvalue weighted by Gasteiger charge is -2.16. The Morgan fingerprint density at radius 3 is 2.57 bits per heavy atom. The number of anilines is 2. The summed E-state index contributed by atoms with van der Waals surface area (Å²) in [7, 11) is 1.56. The van der Waals surface area contributed by atoms with Gasteiger partial charge in [-0.2, -0.15) is 9.78 Å². The Bertz CT molecular complexity index is 1470. The van der Waals surface area contributed by atoms with Crippen LogP contribution in [0.3, 0.4) is 0 Å². The maximum atomic E-state index is 13.7. The molecule has 2 N–H and O–H groups in total. The third-order valence-corrected chi connectivity index (χ3v) is 6.00. The summed E-state index contributed by atoms with van der Waals surface area (Å²) in [6, 6.07) is 20.8. The molecule has 0 aliphatic heterocycles. The van der Waals surface area contributed by atoms with Gasteiger partial charge in [-0.1, -0.05) is 42.8 Å². The van der Waals surface area contributed by atoms with Gasteiger partial charge in [0, 0.05) is 23.4 Å². The van der Waals surface area contributed by atoms with Crippen molar-refractivity contribution in [2.45, 2.75) is 26.3 Å². The third kappa shape index (κ3) is 6.10. The molecule has 3 aromatic carbocycles. The zero-order valence-electron chi connectivity index (χ0n) is 20.7. The smallest absolute Gasteiger partial charge is 0.299 e. The molecule has 1 aromatic heterocycles. The molecule has 0 radical (unpaired) electrons. The van der Waals surface area contributed by atoms with Gasteiger partial charge in [0.15, 0.2) is 11.4 Å². The predicted molar refractivity (Wildman–Crippen MR) is 145 cm³/mol. The number of carbonyl (C=O) groups excluding carboxylic acids is 1. The van der Waals surface area contributed by atoms with Gasteiger partial charge in [-0.05, 0) is 55.8 Å². The van der Waals surface area contributed by atoms with Crippen molar-refractivity contribution >= 4 is 28.9 Å². The lowest BCUT2D eigenvalue weighted by molar-refractivity contribution is 0.0939. The van der Waals surface area contributed by atoms with Crippen molar-refractivity contribution in [1.82, 2.24) is 15.1 Å². The van der Waals surface area contributed by atoms with Gasteiger partial charge in [0.2, 0.25) is 0 Å². The normalized spacial score (nSPS) is 11.5. The second-order valence-corrected chi connectivity index (χ2v) is 8.73. The van der Waals surface area contributed by atoms with Crippen LogP contribution in [-0.2, 0) is 0 Å². The van der Waals surface area contributed by atoms with E-state index < -0.39 is 5.56 Å². The molecule has 190 valence electrons. The summed E-state index contributed by atoms with van der Waals surface area (Å²) >= 11 is 6.35. The fraction of sp³-hybridized carbons (Fsp3) is 0.179. The minimum Gasteiger partial charge on any atom is -0.497 e. The highest BCUT2D eigenvalue weighted by Gasteiger charge is 2.18. The predicted octanol–water partition coefficient (Wildman–Crippen LogP) is 5.96. The first-order chi connectivity index (χ1) is 17.9. The highest BCUT2D eigenvalue weighted by atomic mass is 35.5. The average Bonchev–Trinajstić information content (AvgIpc) is 2.91. The molecule has 1 heterocycles.